The quantitative estimate of drug-likeness (QED) is 0.823. The second-order valence-electron chi connectivity index (χ2n) is 7.13. The molecule has 2 heterocycles. The van der Waals surface area contributed by atoms with E-state index in [1.165, 1.54) is 12.0 Å². The highest BCUT2D eigenvalue weighted by Crippen LogP contribution is 2.31. The van der Waals surface area contributed by atoms with E-state index in [9.17, 15) is 14.4 Å². The van der Waals surface area contributed by atoms with Crippen molar-refractivity contribution in [3.8, 4) is 11.3 Å². The average Bonchev–Trinajstić information content (AvgIpc) is 3.32. The van der Waals surface area contributed by atoms with E-state index in [0.717, 1.165) is 11.3 Å². The molecule has 1 saturated heterocycles. The molecule has 3 rings (SSSR count). The maximum Gasteiger partial charge on any atom is 0.407 e. The van der Waals surface area contributed by atoms with E-state index in [1.807, 2.05) is 44.2 Å². The third-order valence-electron chi connectivity index (χ3n) is 4.81. The number of imidazole rings is 1. The summed E-state index contributed by atoms with van der Waals surface area (Å²) in [6, 6.07) is 8.41. The maximum atomic E-state index is 13.1. The number of Topliss-reactive ketones (excluding diaryl/α,β-unsaturated/α-hetero) is 1. The van der Waals surface area contributed by atoms with Gasteiger partial charge in [-0.25, -0.2) is 9.78 Å². The molecule has 1 fully saturated rings. The van der Waals surface area contributed by atoms with Crippen molar-refractivity contribution in [2.24, 2.45) is 5.92 Å². The zero-order valence-electron chi connectivity index (χ0n) is 16.1. The molecule has 1 aliphatic rings. The van der Waals surface area contributed by atoms with Gasteiger partial charge in [-0.2, -0.15) is 0 Å². The van der Waals surface area contributed by atoms with Crippen LogP contribution in [0.5, 0.6) is 0 Å². The van der Waals surface area contributed by atoms with E-state index in [0.29, 0.717) is 5.82 Å². The number of aromatic nitrogens is 2. The SMILES string of the molecule is COC(=O)N[C@H](C(=O)N1CC(=O)C[C@H]1c1ncc(-c2ccccc2)[nH]1)C(C)C. The van der Waals surface area contributed by atoms with Crippen molar-refractivity contribution in [1.29, 1.82) is 0 Å². The van der Waals surface area contributed by atoms with Crippen LogP contribution in [-0.4, -0.2) is 52.3 Å². The average molecular weight is 384 g/mol. The molecular weight excluding hydrogens is 360 g/mol. The van der Waals surface area contributed by atoms with Crippen LogP contribution in [0.2, 0.25) is 0 Å². The van der Waals surface area contributed by atoms with Crippen molar-refractivity contribution in [2.75, 3.05) is 13.7 Å². The molecule has 2 aromatic rings. The predicted octanol–water partition coefficient (Wildman–Crippen LogP) is 2.30. The Bertz CT molecular complexity index is 862. The molecule has 148 valence electrons. The van der Waals surface area contributed by atoms with Gasteiger partial charge in [0.15, 0.2) is 5.78 Å². The minimum Gasteiger partial charge on any atom is -0.453 e. The minimum absolute atomic E-state index is 0.00303. The van der Waals surface area contributed by atoms with Gasteiger partial charge in [-0.15, -0.1) is 0 Å². The molecule has 28 heavy (non-hydrogen) atoms. The molecule has 1 aliphatic heterocycles. The highest BCUT2D eigenvalue weighted by Gasteiger charge is 2.40. The largest absolute Gasteiger partial charge is 0.453 e. The lowest BCUT2D eigenvalue weighted by Gasteiger charge is -2.29. The standard InChI is InChI=1S/C20H24N4O4/c1-12(2)17(23-20(27)28-3)19(26)24-11-14(25)9-16(24)18-21-10-15(22-18)13-7-5-4-6-8-13/h4-8,10,12,16-17H,9,11H2,1-3H3,(H,21,22)(H,23,27)/t16-,17-/m0/s1. The number of methoxy groups -OCH3 is 1. The summed E-state index contributed by atoms with van der Waals surface area (Å²) in [5.41, 5.74) is 1.78. The molecule has 2 amide bonds. The van der Waals surface area contributed by atoms with Gasteiger partial charge < -0.3 is 19.9 Å². The molecule has 0 bridgehead atoms. The van der Waals surface area contributed by atoms with Crippen LogP contribution < -0.4 is 5.32 Å². The number of ether oxygens (including phenoxy) is 1. The molecule has 2 atom stereocenters. The fourth-order valence-electron chi connectivity index (χ4n) is 3.31. The number of amides is 2. The highest BCUT2D eigenvalue weighted by molar-refractivity contribution is 5.93. The van der Waals surface area contributed by atoms with Crippen LogP contribution in [0.4, 0.5) is 4.79 Å². The van der Waals surface area contributed by atoms with Crippen molar-refractivity contribution >= 4 is 17.8 Å². The van der Waals surface area contributed by atoms with Gasteiger partial charge in [-0.1, -0.05) is 44.2 Å². The van der Waals surface area contributed by atoms with E-state index < -0.39 is 18.2 Å². The first kappa shape index (κ1) is 19.6. The molecule has 8 nitrogen and oxygen atoms in total. The van der Waals surface area contributed by atoms with Crippen molar-refractivity contribution in [2.45, 2.75) is 32.4 Å². The Balaban J connectivity index is 1.85. The number of carbonyl (C=O) groups excluding carboxylic acids is 3. The lowest BCUT2D eigenvalue weighted by Crippen LogP contribution is -2.51. The molecule has 0 unspecified atom stereocenters. The second-order valence-corrected chi connectivity index (χ2v) is 7.13. The molecule has 1 aromatic heterocycles. The van der Waals surface area contributed by atoms with Gasteiger partial charge in [0.05, 0.1) is 31.6 Å². The minimum atomic E-state index is -0.788. The molecule has 2 N–H and O–H groups in total. The number of hydrogen-bond donors (Lipinski definition) is 2. The number of benzene rings is 1. The van der Waals surface area contributed by atoms with Crippen LogP contribution in [0.3, 0.4) is 0 Å². The third kappa shape index (κ3) is 4.05. The monoisotopic (exact) mass is 384 g/mol. The predicted molar refractivity (Wildman–Crippen MR) is 102 cm³/mol. The van der Waals surface area contributed by atoms with Gasteiger partial charge in [-0.3, -0.25) is 9.59 Å². The van der Waals surface area contributed by atoms with Crippen LogP contribution in [-0.2, 0) is 14.3 Å². The lowest BCUT2D eigenvalue weighted by atomic mass is 10.0. The number of nitrogens with zero attached hydrogens (tertiary/aromatic N) is 2. The van der Waals surface area contributed by atoms with Gasteiger partial charge in [-0.05, 0) is 11.5 Å². The number of likely N-dealkylation sites (tertiary alicyclic amines) is 1. The zero-order chi connectivity index (χ0) is 20.3. The van der Waals surface area contributed by atoms with Crippen LogP contribution in [0.1, 0.15) is 32.1 Å². The number of ketones is 1. The number of alkyl carbamates (subject to hydrolysis) is 1. The van der Waals surface area contributed by atoms with Gasteiger partial charge in [0.2, 0.25) is 5.91 Å². The number of H-pyrrole nitrogens is 1. The smallest absolute Gasteiger partial charge is 0.407 e. The van der Waals surface area contributed by atoms with E-state index in [2.05, 4.69) is 20.0 Å². The van der Waals surface area contributed by atoms with E-state index in [4.69, 9.17) is 0 Å². The Labute approximate surface area is 163 Å². The summed E-state index contributed by atoms with van der Waals surface area (Å²) in [6.07, 6.45) is 1.21. The molecule has 0 radical (unpaired) electrons. The molecule has 1 aromatic carbocycles. The normalized spacial score (nSPS) is 17.6. The van der Waals surface area contributed by atoms with Crippen LogP contribution in [0, 0.1) is 5.92 Å². The number of nitrogens with one attached hydrogen (secondary N) is 2. The second kappa shape index (κ2) is 8.24. The van der Waals surface area contributed by atoms with Gasteiger partial charge in [0.25, 0.3) is 0 Å². The van der Waals surface area contributed by atoms with Crippen LogP contribution in [0.25, 0.3) is 11.3 Å². The molecule has 0 spiro atoms. The summed E-state index contributed by atoms with van der Waals surface area (Å²) in [7, 11) is 1.24. The first-order chi connectivity index (χ1) is 13.4. The van der Waals surface area contributed by atoms with E-state index >= 15 is 0 Å². The number of hydrogen-bond acceptors (Lipinski definition) is 5. The summed E-state index contributed by atoms with van der Waals surface area (Å²) >= 11 is 0. The number of carbonyl (C=O) groups is 3. The van der Waals surface area contributed by atoms with Crippen molar-refractivity contribution in [3.63, 3.8) is 0 Å². The van der Waals surface area contributed by atoms with Gasteiger partial charge >= 0.3 is 6.09 Å². The fourth-order valence-corrected chi connectivity index (χ4v) is 3.31. The van der Waals surface area contributed by atoms with E-state index in [-0.39, 0.29) is 30.6 Å². The molecular formula is C20H24N4O4. The van der Waals surface area contributed by atoms with Crippen LogP contribution >= 0.6 is 0 Å². The maximum absolute atomic E-state index is 13.1. The molecule has 0 aliphatic carbocycles. The van der Waals surface area contributed by atoms with Gasteiger partial charge in [0.1, 0.15) is 11.9 Å². The Morgan fingerprint density at radius 1 is 1.29 bits per heavy atom. The summed E-state index contributed by atoms with van der Waals surface area (Å²) in [6.45, 7) is 3.65. The van der Waals surface area contributed by atoms with Crippen molar-refractivity contribution in [3.05, 3.63) is 42.4 Å². The zero-order valence-corrected chi connectivity index (χ0v) is 16.1. The Morgan fingerprint density at radius 3 is 2.64 bits per heavy atom. The van der Waals surface area contributed by atoms with E-state index in [1.54, 1.807) is 6.20 Å². The fraction of sp³-hybridized carbons (Fsp3) is 0.400. The number of rotatable bonds is 5. The first-order valence-corrected chi connectivity index (χ1v) is 9.17. The summed E-state index contributed by atoms with van der Waals surface area (Å²) in [4.78, 5) is 46.0. The lowest BCUT2D eigenvalue weighted by molar-refractivity contribution is -0.136. The van der Waals surface area contributed by atoms with Crippen molar-refractivity contribution in [1.82, 2.24) is 20.2 Å². The Kier molecular flexibility index (Phi) is 5.77. The van der Waals surface area contributed by atoms with Crippen molar-refractivity contribution < 1.29 is 19.1 Å². The Hall–Kier alpha value is -3.16. The molecule has 8 heteroatoms. The van der Waals surface area contributed by atoms with Crippen LogP contribution in [0.15, 0.2) is 36.5 Å². The summed E-state index contributed by atoms with van der Waals surface area (Å²) in [5.74, 6) is 0.0172. The highest BCUT2D eigenvalue weighted by atomic mass is 16.5. The topological polar surface area (TPSA) is 104 Å². The summed E-state index contributed by atoms with van der Waals surface area (Å²) < 4.78 is 4.62. The Morgan fingerprint density at radius 2 is 2.00 bits per heavy atom. The molecule has 0 saturated carbocycles. The first-order valence-electron chi connectivity index (χ1n) is 9.17. The third-order valence-corrected chi connectivity index (χ3v) is 4.81. The van der Waals surface area contributed by atoms with Gasteiger partial charge in [0, 0.05) is 6.42 Å². The summed E-state index contributed by atoms with van der Waals surface area (Å²) in [5, 5.41) is 2.57. The number of aromatic amines is 1.